The maximum atomic E-state index is 11.8. The summed E-state index contributed by atoms with van der Waals surface area (Å²) in [5, 5.41) is 37.8. The zero-order chi connectivity index (χ0) is 15.9. The number of aliphatic hydroxyl groups is 1. The third-order valence-corrected chi connectivity index (χ3v) is 3.94. The highest BCUT2D eigenvalue weighted by Crippen LogP contribution is 2.50. The first kappa shape index (κ1) is 16.2. The van der Waals surface area contributed by atoms with E-state index in [0.717, 1.165) is 0 Å². The van der Waals surface area contributed by atoms with Gasteiger partial charge in [0.1, 0.15) is 11.5 Å². The van der Waals surface area contributed by atoms with Crippen LogP contribution in [0.4, 0.5) is 4.79 Å². The summed E-state index contributed by atoms with van der Waals surface area (Å²) in [5.41, 5.74) is -2.97. The Hall–Kier alpha value is -1.83. The van der Waals surface area contributed by atoms with Crippen LogP contribution in [0.1, 0.15) is 27.2 Å². The van der Waals surface area contributed by atoms with Gasteiger partial charge in [-0.05, 0) is 11.8 Å². The molecule has 8 heteroatoms. The molecule has 0 aromatic rings. The number of hydrogen-bond donors (Lipinski definition) is 4. The monoisotopic (exact) mass is 289 g/mol. The van der Waals surface area contributed by atoms with Crippen molar-refractivity contribution in [2.75, 3.05) is 6.54 Å². The fourth-order valence-corrected chi connectivity index (χ4v) is 2.92. The predicted octanol–water partition coefficient (Wildman–Crippen LogP) is 0.301. The molecule has 0 spiro atoms. The van der Waals surface area contributed by atoms with Crippen LogP contribution >= 0.6 is 0 Å². The summed E-state index contributed by atoms with van der Waals surface area (Å²) in [6.07, 6.45) is -3.10. The Balaban J connectivity index is 3.54. The van der Waals surface area contributed by atoms with Crippen molar-refractivity contribution in [2.24, 2.45) is 10.8 Å². The first-order valence-corrected chi connectivity index (χ1v) is 6.09. The Labute approximate surface area is 115 Å². The summed E-state index contributed by atoms with van der Waals surface area (Å²) in [4.78, 5) is 35.0. The number of rotatable bonds is 2. The molecule has 0 saturated carbocycles. The van der Waals surface area contributed by atoms with Crippen molar-refractivity contribution in [3.63, 3.8) is 0 Å². The van der Waals surface area contributed by atoms with Crippen molar-refractivity contribution in [3.05, 3.63) is 0 Å². The minimum atomic E-state index is -1.91. The van der Waals surface area contributed by atoms with E-state index < -0.39 is 47.6 Å². The molecule has 8 nitrogen and oxygen atoms in total. The largest absolute Gasteiger partial charge is 0.481 e. The fourth-order valence-electron chi connectivity index (χ4n) is 2.92. The molecule has 0 aromatic heterocycles. The maximum Gasteiger partial charge on any atom is 0.408 e. The molecule has 1 saturated heterocycles. The van der Waals surface area contributed by atoms with E-state index >= 15 is 0 Å². The Morgan fingerprint density at radius 2 is 1.65 bits per heavy atom. The molecular formula is C12H19NO7. The molecule has 114 valence electrons. The number of amides is 1. The van der Waals surface area contributed by atoms with Crippen molar-refractivity contribution in [2.45, 2.75) is 39.3 Å². The Morgan fingerprint density at radius 3 is 1.95 bits per heavy atom. The summed E-state index contributed by atoms with van der Waals surface area (Å²) in [6.45, 7) is 4.15. The lowest BCUT2D eigenvalue weighted by Gasteiger charge is -2.52. The van der Waals surface area contributed by atoms with Crippen molar-refractivity contribution in [3.8, 4) is 0 Å². The second-order valence-electron chi connectivity index (χ2n) is 6.06. The van der Waals surface area contributed by atoms with E-state index in [1.807, 2.05) is 0 Å². The van der Waals surface area contributed by atoms with Crippen LogP contribution in [0.15, 0.2) is 0 Å². The van der Waals surface area contributed by atoms with E-state index in [4.69, 9.17) is 5.11 Å². The summed E-state index contributed by atoms with van der Waals surface area (Å²) in [5.74, 6) is -2.96. The van der Waals surface area contributed by atoms with Crippen LogP contribution < -0.4 is 0 Å². The summed E-state index contributed by atoms with van der Waals surface area (Å²) >= 11 is 0. The second kappa shape index (κ2) is 4.93. The SMILES string of the molecule is CC(C)(C)[C@]1(C(=O)O)CC(O)CN(C(=O)O)[C@@H]1C(=O)O. The quantitative estimate of drug-likeness (QED) is 0.574. The van der Waals surface area contributed by atoms with Gasteiger partial charge in [0.05, 0.1) is 12.6 Å². The van der Waals surface area contributed by atoms with Crippen molar-refractivity contribution < 1.29 is 34.8 Å². The van der Waals surface area contributed by atoms with Crippen LogP contribution in [-0.2, 0) is 9.59 Å². The fraction of sp³-hybridized carbons (Fsp3) is 0.750. The predicted molar refractivity (Wildman–Crippen MR) is 66.3 cm³/mol. The van der Waals surface area contributed by atoms with Gasteiger partial charge >= 0.3 is 18.0 Å². The van der Waals surface area contributed by atoms with Crippen LogP contribution in [0, 0.1) is 10.8 Å². The molecular weight excluding hydrogens is 270 g/mol. The summed E-state index contributed by atoms with van der Waals surface area (Å²) < 4.78 is 0. The zero-order valence-corrected chi connectivity index (χ0v) is 11.5. The minimum Gasteiger partial charge on any atom is -0.481 e. The van der Waals surface area contributed by atoms with Crippen molar-refractivity contribution in [1.82, 2.24) is 4.90 Å². The number of nitrogens with zero attached hydrogens (tertiary/aromatic N) is 1. The molecule has 4 N–H and O–H groups in total. The van der Waals surface area contributed by atoms with Gasteiger partial charge in [-0.1, -0.05) is 20.8 Å². The van der Waals surface area contributed by atoms with E-state index in [9.17, 15) is 29.7 Å². The van der Waals surface area contributed by atoms with Gasteiger partial charge in [-0.2, -0.15) is 0 Å². The molecule has 1 rings (SSSR count). The van der Waals surface area contributed by atoms with Gasteiger partial charge in [-0.15, -0.1) is 0 Å². The summed E-state index contributed by atoms with van der Waals surface area (Å²) in [7, 11) is 0. The first-order valence-electron chi connectivity index (χ1n) is 6.09. The Morgan fingerprint density at radius 1 is 1.15 bits per heavy atom. The lowest BCUT2D eigenvalue weighted by atomic mass is 9.57. The topological polar surface area (TPSA) is 135 Å². The van der Waals surface area contributed by atoms with E-state index in [-0.39, 0.29) is 6.42 Å². The molecule has 0 aromatic carbocycles. The van der Waals surface area contributed by atoms with Crippen LogP contribution in [0.2, 0.25) is 0 Å². The number of hydrogen-bond acceptors (Lipinski definition) is 4. The molecule has 1 unspecified atom stereocenters. The zero-order valence-electron chi connectivity index (χ0n) is 11.5. The lowest BCUT2D eigenvalue weighted by Crippen LogP contribution is -2.68. The molecule has 1 amide bonds. The molecule has 1 aliphatic heterocycles. The van der Waals surface area contributed by atoms with Gasteiger partial charge in [-0.25, -0.2) is 9.59 Å². The number of carboxylic acid groups (broad SMARTS) is 3. The van der Waals surface area contributed by atoms with Gasteiger partial charge in [0.25, 0.3) is 0 Å². The van der Waals surface area contributed by atoms with E-state index in [1.165, 1.54) is 20.8 Å². The van der Waals surface area contributed by atoms with Crippen LogP contribution in [0.25, 0.3) is 0 Å². The van der Waals surface area contributed by atoms with Gasteiger partial charge in [0, 0.05) is 0 Å². The van der Waals surface area contributed by atoms with Crippen molar-refractivity contribution >= 4 is 18.0 Å². The number of carboxylic acids is 2. The number of likely N-dealkylation sites (tertiary alicyclic amines) is 1. The minimum absolute atomic E-state index is 0.313. The van der Waals surface area contributed by atoms with Crippen LogP contribution in [0.3, 0.4) is 0 Å². The first-order chi connectivity index (χ1) is 8.95. The normalized spacial score (nSPS) is 30.9. The highest BCUT2D eigenvalue weighted by atomic mass is 16.4. The van der Waals surface area contributed by atoms with E-state index in [1.54, 1.807) is 0 Å². The number of carbonyl (C=O) groups is 3. The summed E-state index contributed by atoms with van der Waals surface area (Å²) in [6, 6.07) is -1.75. The lowest BCUT2D eigenvalue weighted by molar-refractivity contribution is -0.185. The average Bonchev–Trinajstić information content (AvgIpc) is 2.24. The Kier molecular flexibility index (Phi) is 4.00. The van der Waals surface area contributed by atoms with Gasteiger partial charge in [0.15, 0.2) is 0 Å². The number of piperidine rings is 1. The molecule has 1 fully saturated rings. The number of aliphatic carboxylic acids is 2. The molecule has 1 aliphatic rings. The maximum absolute atomic E-state index is 11.8. The van der Waals surface area contributed by atoms with E-state index in [2.05, 4.69) is 0 Å². The second-order valence-corrected chi connectivity index (χ2v) is 6.06. The number of β-amino-alcohol motifs (C(OH)–C–C–N with tert-alkyl or cyclic N) is 1. The standard InChI is InChI=1S/C12H19NO7/c1-11(2,3)12(9(17)18)4-6(14)5-13(10(19)20)7(12)8(15)16/h6-7,14H,4-5H2,1-3H3,(H,15,16)(H,17,18)(H,19,20)/t6?,7-,12-/m1/s1. The smallest absolute Gasteiger partial charge is 0.408 e. The molecule has 20 heavy (non-hydrogen) atoms. The van der Waals surface area contributed by atoms with Gasteiger partial charge < -0.3 is 20.4 Å². The van der Waals surface area contributed by atoms with Crippen LogP contribution in [-0.4, -0.2) is 62.0 Å². The van der Waals surface area contributed by atoms with Crippen molar-refractivity contribution in [1.29, 1.82) is 0 Å². The molecule has 0 radical (unpaired) electrons. The molecule has 0 aliphatic carbocycles. The third-order valence-electron chi connectivity index (χ3n) is 3.94. The Bertz CT molecular complexity index is 442. The average molecular weight is 289 g/mol. The van der Waals surface area contributed by atoms with E-state index in [0.29, 0.717) is 4.90 Å². The molecule has 1 heterocycles. The highest BCUT2D eigenvalue weighted by Gasteiger charge is 2.63. The van der Waals surface area contributed by atoms with Gasteiger partial charge in [0.2, 0.25) is 0 Å². The highest BCUT2D eigenvalue weighted by molar-refractivity contribution is 5.89. The molecule has 3 atom stereocenters. The van der Waals surface area contributed by atoms with Gasteiger partial charge in [-0.3, -0.25) is 9.69 Å². The van der Waals surface area contributed by atoms with Crippen LogP contribution in [0.5, 0.6) is 0 Å². The molecule has 0 bridgehead atoms. The third kappa shape index (κ3) is 2.31. The number of aliphatic hydroxyl groups excluding tert-OH is 1.